The quantitative estimate of drug-likeness (QED) is 0.245. The molecule has 178 valence electrons. The van der Waals surface area contributed by atoms with Crippen LogP contribution in [0.25, 0.3) is 16.6 Å². The van der Waals surface area contributed by atoms with Gasteiger partial charge in [-0.1, -0.05) is 6.07 Å². The van der Waals surface area contributed by atoms with Crippen molar-refractivity contribution >= 4 is 38.2 Å². The number of phenols is 1. The minimum atomic E-state index is -0.408. The fraction of sp³-hybridized carbons (Fsp3) is 0.407. The van der Waals surface area contributed by atoms with Gasteiger partial charge in [0.1, 0.15) is 5.75 Å². The summed E-state index contributed by atoms with van der Waals surface area (Å²) < 4.78 is 2.44. The Labute approximate surface area is 210 Å². The zero-order valence-corrected chi connectivity index (χ0v) is 20.7. The Morgan fingerprint density at radius 3 is 2.51 bits per heavy atom. The summed E-state index contributed by atoms with van der Waals surface area (Å²) in [4.78, 5) is 15.3. The van der Waals surface area contributed by atoms with Crippen LogP contribution in [0.3, 0.4) is 0 Å². The summed E-state index contributed by atoms with van der Waals surface area (Å²) in [6.07, 6.45) is 12.2. The number of hydrogen-bond acceptors (Lipinski definition) is 5. The predicted octanol–water partition coefficient (Wildman–Crippen LogP) is 6.32. The standard InChI is InChI=1S/C27H25BrN4O3/c28-23-8-20(27-10-15-3-16(11-27)5-17(4-15)12-27)7-19(25(23)33)6-18-13-29-26-22-9-21(32(34)35)1-2-24(22)30-31(26)14-18/h1-2,7-9,13-17,33H,3-6,10-12H2. The lowest BCUT2D eigenvalue weighted by atomic mass is 9.48. The lowest BCUT2D eigenvalue weighted by Gasteiger charge is -2.57. The Morgan fingerprint density at radius 2 is 1.83 bits per heavy atom. The van der Waals surface area contributed by atoms with Crippen molar-refractivity contribution in [3.05, 3.63) is 74.0 Å². The molecule has 8 rings (SSSR count). The molecule has 1 N–H and O–H groups in total. The van der Waals surface area contributed by atoms with E-state index in [9.17, 15) is 15.2 Å². The molecule has 0 amide bonds. The Bertz CT molecular complexity index is 1490. The van der Waals surface area contributed by atoms with Gasteiger partial charge in [0.25, 0.3) is 5.69 Å². The monoisotopic (exact) mass is 532 g/mol. The van der Waals surface area contributed by atoms with E-state index in [1.165, 1.54) is 56.2 Å². The van der Waals surface area contributed by atoms with Gasteiger partial charge in [-0.05, 0) is 106 Å². The van der Waals surface area contributed by atoms with Crippen LogP contribution >= 0.6 is 15.9 Å². The maximum atomic E-state index is 11.2. The second-order valence-electron chi connectivity index (χ2n) is 11.0. The molecular weight excluding hydrogens is 508 g/mol. The molecule has 2 aromatic heterocycles. The van der Waals surface area contributed by atoms with Crippen LogP contribution in [-0.2, 0) is 11.8 Å². The van der Waals surface area contributed by atoms with Gasteiger partial charge >= 0.3 is 0 Å². The number of nitrogens with zero attached hydrogens (tertiary/aromatic N) is 4. The van der Waals surface area contributed by atoms with Gasteiger partial charge < -0.3 is 5.11 Å². The van der Waals surface area contributed by atoms with Crippen LogP contribution in [0.15, 0.2) is 47.2 Å². The number of non-ortho nitro benzene ring substituents is 1. The highest BCUT2D eigenvalue weighted by atomic mass is 79.9. The summed E-state index contributed by atoms with van der Waals surface area (Å²) in [6.45, 7) is 0. The number of phenolic OH excluding ortho intramolecular Hbond substituents is 1. The van der Waals surface area contributed by atoms with E-state index in [-0.39, 0.29) is 16.9 Å². The fourth-order valence-electron chi connectivity index (χ4n) is 7.62. The van der Waals surface area contributed by atoms with E-state index in [1.807, 2.05) is 6.20 Å². The molecule has 4 aliphatic carbocycles. The summed E-state index contributed by atoms with van der Waals surface area (Å²) in [5.41, 5.74) is 4.69. The predicted molar refractivity (Wildman–Crippen MR) is 136 cm³/mol. The van der Waals surface area contributed by atoms with Crippen molar-refractivity contribution in [2.24, 2.45) is 17.8 Å². The van der Waals surface area contributed by atoms with Gasteiger partial charge in [0, 0.05) is 30.9 Å². The molecule has 4 fully saturated rings. The van der Waals surface area contributed by atoms with Gasteiger partial charge in [-0.3, -0.25) is 10.1 Å². The molecule has 35 heavy (non-hydrogen) atoms. The number of aromatic nitrogens is 3. The molecule has 0 radical (unpaired) electrons. The zero-order valence-electron chi connectivity index (χ0n) is 19.2. The minimum absolute atomic E-state index is 0.0227. The summed E-state index contributed by atoms with van der Waals surface area (Å²) in [5.74, 6) is 2.84. The van der Waals surface area contributed by atoms with Gasteiger partial charge in [-0.2, -0.15) is 5.10 Å². The maximum Gasteiger partial charge on any atom is 0.270 e. The van der Waals surface area contributed by atoms with Gasteiger partial charge in [-0.15, -0.1) is 0 Å². The molecule has 4 aromatic rings. The smallest absolute Gasteiger partial charge is 0.270 e. The zero-order chi connectivity index (χ0) is 23.9. The Kier molecular flexibility index (Phi) is 4.56. The lowest BCUT2D eigenvalue weighted by Crippen LogP contribution is -2.48. The van der Waals surface area contributed by atoms with Crippen LogP contribution in [0.5, 0.6) is 5.75 Å². The summed E-state index contributed by atoms with van der Waals surface area (Å²) in [7, 11) is 0. The molecule has 0 atom stereocenters. The summed E-state index contributed by atoms with van der Waals surface area (Å²) in [6, 6.07) is 9.00. The van der Waals surface area contributed by atoms with E-state index >= 15 is 0 Å². The molecule has 4 aliphatic rings. The minimum Gasteiger partial charge on any atom is -0.506 e. The first-order valence-corrected chi connectivity index (χ1v) is 13.1. The van der Waals surface area contributed by atoms with Crippen LogP contribution < -0.4 is 0 Å². The Balaban J connectivity index is 1.26. The molecule has 4 bridgehead atoms. The molecule has 0 aliphatic heterocycles. The maximum absolute atomic E-state index is 11.2. The van der Waals surface area contributed by atoms with Crippen LogP contribution in [0.2, 0.25) is 0 Å². The van der Waals surface area contributed by atoms with Crippen molar-refractivity contribution in [3.63, 3.8) is 0 Å². The number of aromatic hydroxyl groups is 1. The number of benzene rings is 2. The number of hydrogen-bond donors (Lipinski definition) is 1. The molecule has 2 heterocycles. The third-order valence-electron chi connectivity index (χ3n) is 8.69. The van der Waals surface area contributed by atoms with Crippen LogP contribution in [-0.4, -0.2) is 24.6 Å². The molecule has 0 spiro atoms. The normalized spacial score (nSPS) is 27.2. The van der Waals surface area contributed by atoms with Gasteiger partial charge in [0.15, 0.2) is 5.65 Å². The van der Waals surface area contributed by atoms with Crippen LogP contribution in [0.4, 0.5) is 5.69 Å². The topological polar surface area (TPSA) is 93.6 Å². The van der Waals surface area contributed by atoms with E-state index < -0.39 is 4.92 Å². The molecule has 0 saturated heterocycles. The van der Waals surface area contributed by atoms with Gasteiger partial charge in [0.2, 0.25) is 0 Å². The van der Waals surface area contributed by atoms with E-state index in [4.69, 9.17) is 0 Å². The van der Waals surface area contributed by atoms with Crippen molar-refractivity contribution in [2.45, 2.75) is 50.4 Å². The first kappa shape index (κ1) is 21.3. The van der Waals surface area contributed by atoms with Crippen molar-refractivity contribution in [3.8, 4) is 5.75 Å². The molecular formula is C27H25BrN4O3. The first-order valence-electron chi connectivity index (χ1n) is 12.3. The van der Waals surface area contributed by atoms with Crippen molar-refractivity contribution in [2.75, 3.05) is 0 Å². The number of fused-ring (bicyclic) bond motifs is 3. The van der Waals surface area contributed by atoms with E-state index in [0.29, 0.717) is 23.0 Å². The van der Waals surface area contributed by atoms with Crippen molar-refractivity contribution in [1.29, 1.82) is 0 Å². The second-order valence-corrected chi connectivity index (χ2v) is 11.9. The molecule has 4 saturated carbocycles. The third-order valence-corrected chi connectivity index (χ3v) is 9.30. The SMILES string of the molecule is O=[N+]([O-])c1ccc2nn3cc(Cc4cc(C56CC7CC(CC(C7)C5)C6)cc(Br)c4O)cnc3c2c1. The Hall–Kier alpha value is -3.00. The number of rotatable bonds is 4. The Morgan fingerprint density at radius 1 is 1.11 bits per heavy atom. The highest BCUT2D eigenvalue weighted by Crippen LogP contribution is 2.61. The van der Waals surface area contributed by atoms with E-state index in [2.05, 4.69) is 38.1 Å². The number of nitro benzene ring substituents is 1. The number of halogens is 1. The molecule has 2 aromatic carbocycles. The second kappa shape index (κ2) is 7.50. The molecule has 8 heteroatoms. The van der Waals surface area contributed by atoms with E-state index in [1.54, 1.807) is 16.8 Å². The lowest BCUT2D eigenvalue weighted by molar-refractivity contribution is -0.384. The van der Waals surface area contributed by atoms with Crippen molar-refractivity contribution in [1.82, 2.24) is 14.6 Å². The average Bonchev–Trinajstić information content (AvgIpc) is 3.18. The van der Waals surface area contributed by atoms with E-state index in [0.717, 1.165) is 33.4 Å². The largest absolute Gasteiger partial charge is 0.506 e. The van der Waals surface area contributed by atoms with Crippen LogP contribution in [0.1, 0.15) is 55.2 Å². The first-order chi connectivity index (χ1) is 16.9. The highest BCUT2D eigenvalue weighted by Gasteiger charge is 2.51. The fourth-order valence-corrected chi connectivity index (χ4v) is 8.12. The highest BCUT2D eigenvalue weighted by molar-refractivity contribution is 9.10. The molecule has 0 unspecified atom stereocenters. The molecule has 7 nitrogen and oxygen atoms in total. The van der Waals surface area contributed by atoms with Crippen LogP contribution in [0, 0.1) is 27.9 Å². The summed E-state index contributed by atoms with van der Waals surface area (Å²) >= 11 is 3.63. The van der Waals surface area contributed by atoms with Crippen molar-refractivity contribution < 1.29 is 10.0 Å². The van der Waals surface area contributed by atoms with Gasteiger partial charge in [-0.25, -0.2) is 9.50 Å². The average molecular weight is 533 g/mol. The summed E-state index contributed by atoms with van der Waals surface area (Å²) in [5, 5.41) is 27.3. The van der Waals surface area contributed by atoms with Gasteiger partial charge in [0.05, 0.1) is 20.3 Å². The third kappa shape index (κ3) is 3.37. The number of nitro groups is 1.